The summed E-state index contributed by atoms with van der Waals surface area (Å²) in [6.07, 6.45) is 2.01. The summed E-state index contributed by atoms with van der Waals surface area (Å²) in [6.45, 7) is 1.22. The van der Waals surface area contributed by atoms with Gasteiger partial charge in [-0.15, -0.1) is 0 Å². The van der Waals surface area contributed by atoms with Crippen LogP contribution in [0.1, 0.15) is 29.5 Å². The number of nitrogens with one attached hydrogen (secondary N) is 1. The van der Waals surface area contributed by atoms with E-state index in [-0.39, 0.29) is 11.8 Å². The first-order valence-corrected chi connectivity index (χ1v) is 8.80. The summed E-state index contributed by atoms with van der Waals surface area (Å²) < 4.78 is 0. The van der Waals surface area contributed by atoms with Crippen molar-refractivity contribution in [2.45, 2.75) is 25.8 Å². The van der Waals surface area contributed by atoms with Crippen LogP contribution in [0.4, 0.5) is 5.69 Å². The Bertz CT molecular complexity index is 908. The lowest BCUT2D eigenvalue weighted by Gasteiger charge is -2.31. The van der Waals surface area contributed by atoms with Gasteiger partial charge in [0.15, 0.2) is 0 Å². The molecule has 1 heterocycles. The first-order valence-electron chi connectivity index (χ1n) is 8.80. The maximum Gasteiger partial charge on any atom is 0.240 e. The molecule has 1 saturated carbocycles. The number of nitriles is 1. The Hall–Kier alpha value is -3.13. The molecule has 0 radical (unpaired) electrons. The summed E-state index contributed by atoms with van der Waals surface area (Å²) in [5.74, 6) is -0.316. The van der Waals surface area contributed by atoms with Crippen molar-refractivity contribution in [1.82, 2.24) is 4.90 Å². The zero-order valence-electron chi connectivity index (χ0n) is 14.4. The third-order valence-corrected chi connectivity index (χ3v) is 5.28. The highest BCUT2D eigenvalue weighted by Gasteiger charge is 2.58. The molecule has 1 fully saturated rings. The Morgan fingerprint density at radius 2 is 1.73 bits per heavy atom. The number of benzene rings is 2. The average Bonchev–Trinajstić information content (AvgIpc) is 3.50. The smallest absolute Gasteiger partial charge is 0.240 e. The predicted molar refractivity (Wildman–Crippen MR) is 97.0 cm³/mol. The Balaban J connectivity index is 1.47. The van der Waals surface area contributed by atoms with E-state index in [0.29, 0.717) is 37.2 Å². The minimum Gasteiger partial charge on any atom is -0.337 e. The van der Waals surface area contributed by atoms with Crippen LogP contribution in [0.5, 0.6) is 0 Å². The van der Waals surface area contributed by atoms with Crippen molar-refractivity contribution < 1.29 is 9.59 Å². The number of nitrogens with zero attached hydrogens (tertiary/aromatic N) is 2. The van der Waals surface area contributed by atoms with Crippen LogP contribution < -0.4 is 5.32 Å². The summed E-state index contributed by atoms with van der Waals surface area (Å²) in [7, 11) is 0. The number of carbonyl (C=O) groups excluding carboxylic acids is 2. The van der Waals surface area contributed by atoms with Gasteiger partial charge in [-0.25, -0.2) is 0 Å². The third-order valence-electron chi connectivity index (χ3n) is 5.28. The molecule has 2 aliphatic rings. The molecule has 0 saturated heterocycles. The van der Waals surface area contributed by atoms with Crippen molar-refractivity contribution in [1.29, 1.82) is 5.26 Å². The highest BCUT2D eigenvalue weighted by molar-refractivity contribution is 6.13. The van der Waals surface area contributed by atoms with Crippen molar-refractivity contribution in [2.24, 2.45) is 5.41 Å². The fourth-order valence-corrected chi connectivity index (χ4v) is 3.51. The van der Waals surface area contributed by atoms with Gasteiger partial charge in [-0.05, 0) is 54.7 Å². The zero-order chi connectivity index (χ0) is 18.1. The Morgan fingerprint density at radius 3 is 2.38 bits per heavy atom. The standard InChI is InChI=1S/C21H19N3O2/c22-13-15-5-7-18(8-6-15)23-19(25)21(10-11-21)20(26)24-12-9-16-3-1-2-4-17(16)14-24/h1-8H,9-12,14H2,(H,23,25). The van der Waals surface area contributed by atoms with Gasteiger partial charge in [0, 0.05) is 18.8 Å². The number of rotatable bonds is 3. The molecule has 5 heteroatoms. The van der Waals surface area contributed by atoms with E-state index in [9.17, 15) is 9.59 Å². The Morgan fingerprint density at radius 1 is 1.04 bits per heavy atom. The fourth-order valence-electron chi connectivity index (χ4n) is 3.51. The van der Waals surface area contributed by atoms with E-state index < -0.39 is 5.41 Å². The van der Waals surface area contributed by atoms with Crippen LogP contribution >= 0.6 is 0 Å². The van der Waals surface area contributed by atoms with Gasteiger partial charge in [0.2, 0.25) is 11.8 Å². The number of anilines is 1. The van der Waals surface area contributed by atoms with Crippen molar-refractivity contribution in [2.75, 3.05) is 11.9 Å². The summed E-state index contributed by atoms with van der Waals surface area (Å²) >= 11 is 0. The van der Waals surface area contributed by atoms with Gasteiger partial charge in [0.1, 0.15) is 5.41 Å². The van der Waals surface area contributed by atoms with Gasteiger partial charge in [-0.1, -0.05) is 24.3 Å². The second-order valence-corrected chi connectivity index (χ2v) is 6.97. The van der Waals surface area contributed by atoms with Crippen LogP contribution in [-0.2, 0) is 22.6 Å². The van der Waals surface area contributed by atoms with Crippen LogP contribution in [0, 0.1) is 16.7 Å². The molecular weight excluding hydrogens is 326 g/mol. The molecule has 2 aromatic rings. The second kappa shape index (κ2) is 6.30. The van der Waals surface area contributed by atoms with Crippen molar-refractivity contribution in [3.05, 3.63) is 65.2 Å². The first-order chi connectivity index (χ1) is 12.6. The van der Waals surface area contributed by atoms with Gasteiger partial charge < -0.3 is 10.2 Å². The van der Waals surface area contributed by atoms with E-state index in [2.05, 4.69) is 11.4 Å². The average molecular weight is 345 g/mol. The highest BCUT2D eigenvalue weighted by atomic mass is 16.2. The molecule has 2 amide bonds. The minimum absolute atomic E-state index is 0.0712. The van der Waals surface area contributed by atoms with Gasteiger partial charge in [-0.2, -0.15) is 5.26 Å². The topological polar surface area (TPSA) is 73.2 Å². The zero-order valence-corrected chi connectivity index (χ0v) is 14.4. The van der Waals surface area contributed by atoms with Crippen molar-refractivity contribution >= 4 is 17.5 Å². The summed E-state index contributed by atoms with van der Waals surface area (Å²) in [4.78, 5) is 27.6. The largest absolute Gasteiger partial charge is 0.337 e. The molecule has 1 N–H and O–H groups in total. The van der Waals surface area contributed by atoms with Crippen LogP contribution in [0.25, 0.3) is 0 Å². The molecule has 4 rings (SSSR count). The quantitative estimate of drug-likeness (QED) is 0.870. The molecule has 130 valence electrons. The molecule has 2 aromatic carbocycles. The Labute approximate surface area is 152 Å². The minimum atomic E-state index is -0.930. The van der Waals surface area contributed by atoms with E-state index >= 15 is 0 Å². The van der Waals surface area contributed by atoms with Gasteiger partial charge in [-0.3, -0.25) is 9.59 Å². The Kier molecular flexibility index (Phi) is 3.96. The molecule has 1 aliphatic carbocycles. The third kappa shape index (κ3) is 2.84. The first kappa shape index (κ1) is 16.3. The van der Waals surface area contributed by atoms with E-state index in [1.54, 1.807) is 24.3 Å². The highest BCUT2D eigenvalue weighted by Crippen LogP contribution is 2.48. The molecule has 0 bridgehead atoms. The van der Waals surface area contributed by atoms with E-state index in [1.807, 2.05) is 29.2 Å². The molecule has 26 heavy (non-hydrogen) atoms. The van der Waals surface area contributed by atoms with Gasteiger partial charge >= 0.3 is 0 Å². The van der Waals surface area contributed by atoms with Crippen LogP contribution in [0.3, 0.4) is 0 Å². The number of amides is 2. The molecule has 0 atom stereocenters. The van der Waals surface area contributed by atoms with Crippen molar-refractivity contribution in [3.63, 3.8) is 0 Å². The molecule has 5 nitrogen and oxygen atoms in total. The lowest BCUT2D eigenvalue weighted by molar-refractivity contribution is -0.143. The normalized spacial score (nSPS) is 17.0. The summed E-state index contributed by atoms with van der Waals surface area (Å²) in [5.41, 5.74) is 2.66. The number of carbonyl (C=O) groups is 2. The fraction of sp³-hybridized carbons (Fsp3) is 0.286. The van der Waals surface area contributed by atoms with Crippen LogP contribution in [-0.4, -0.2) is 23.3 Å². The molecule has 0 spiro atoms. The maximum absolute atomic E-state index is 13.0. The predicted octanol–water partition coefficient (Wildman–Crippen LogP) is 2.86. The number of hydrogen-bond acceptors (Lipinski definition) is 3. The monoisotopic (exact) mass is 345 g/mol. The van der Waals surface area contributed by atoms with Crippen molar-refractivity contribution in [3.8, 4) is 6.07 Å². The molecule has 0 aromatic heterocycles. The lowest BCUT2D eigenvalue weighted by atomic mass is 9.97. The van der Waals surface area contributed by atoms with E-state index in [4.69, 9.17) is 5.26 Å². The van der Waals surface area contributed by atoms with Gasteiger partial charge in [0.05, 0.1) is 11.6 Å². The second-order valence-electron chi connectivity index (χ2n) is 6.97. The number of hydrogen-bond donors (Lipinski definition) is 1. The van der Waals surface area contributed by atoms with Gasteiger partial charge in [0.25, 0.3) is 0 Å². The van der Waals surface area contributed by atoms with Crippen LogP contribution in [0.2, 0.25) is 0 Å². The lowest BCUT2D eigenvalue weighted by Crippen LogP contribution is -2.45. The maximum atomic E-state index is 13.0. The molecule has 0 unspecified atom stereocenters. The number of fused-ring (bicyclic) bond motifs is 1. The molecular formula is C21H19N3O2. The molecule has 1 aliphatic heterocycles. The SMILES string of the molecule is N#Cc1ccc(NC(=O)C2(C(=O)N3CCc4ccccc4C3)CC2)cc1. The van der Waals surface area contributed by atoms with E-state index in [0.717, 1.165) is 12.0 Å². The van der Waals surface area contributed by atoms with Crippen LogP contribution in [0.15, 0.2) is 48.5 Å². The van der Waals surface area contributed by atoms with E-state index in [1.165, 1.54) is 5.56 Å². The summed E-state index contributed by atoms with van der Waals surface area (Å²) in [6, 6.07) is 16.9. The summed E-state index contributed by atoms with van der Waals surface area (Å²) in [5, 5.41) is 11.7.